The van der Waals surface area contributed by atoms with Crippen molar-refractivity contribution in [1.82, 2.24) is 4.90 Å². The molecule has 3 aliphatic rings. The molecule has 3 heterocycles. The molecule has 3 amide bonds. The van der Waals surface area contributed by atoms with Crippen molar-refractivity contribution in [3.63, 3.8) is 0 Å². The maximum atomic E-state index is 12.3. The Kier molecular flexibility index (Phi) is 4.46. The number of carbonyl (C=O) groups is 3. The monoisotopic (exact) mass is 379 g/mol. The minimum absolute atomic E-state index is 0.164. The minimum atomic E-state index is -0.754. The van der Waals surface area contributed by atoms with Crippen molar-refractivity contribution < 1.29 is 23.9 Å². The summed E-state index contributed by atoms with van der Waals surface area (Å²) in [7, 11) is 0. The number of fused-ring (bicyclic) bond motifs is 1. The van der Waals surface area contributed by atoms with Crippen LogP contribution >= 0.6 is 11.6 Å². The van der Waals surface area contributed by atoms with Gasteiger partial charge in [-0.05, 0) is 30.4 Å². The lowest BCUT2D eigenvalue weighted by Crippen LogP contribution is -2.55. The molecule has 0 spiro atoms. The average Bonchev–Trinajstić information content (AvgIpc) is 3.06. The van der Waals surface area contributed by atoms with E-state index in [1.807, 2.05) is 0 Å². The van der Waals surface area contributed by atoms with Gasteiger partial charge in [0.25, 0.3) is 5.91 Å². The number of benzene rings is 1. The van der Waals surface area contributed by atoms with Crippen molar-refractivity contribution in [2.24, 2.45) is 11.8 Å². The molecule has 26 heavy (non-hydrogen) atoms. The fourth-order valence-electron chi connectivity index (χ4n) is 3.48. The van der Waals surface area contributed by atoms with Crippen molar-refractivity contribution in [2.75, 3.05) is 43.5 Å². The van der Waals surface area contributed by atoms with Gasteiger partial charge in [0.2, 0.25) is 0 Å². The van der Waals surface area contributed by atoms with Crippen LogP contribution in [0.5, 0.6) is 5.75 Å². The largest absolute Gasteiger partial charge is 0.479 e. The molecule has 1 atom stereocenters. The Morgan fingerprint density at radius 2 is 2.08 bits per heavy atom. The van der Waals surface area contributed by atoms with E-state index in [1.54, 1.807) is 0 Å². The van der Waals surface area contributed by atoms with Crippen LogP contribution in [-0.2, 0) is 19.1 Å². The number of amides is 3. The number of hydrogen-bond donors (Lipinski definition) is 2. The summed E-state index contributed by atoms with van der Waals surface area (Å²) in [5, 5.41) is 5.47. The van der Waals surface area contributed by atoms with E-state index in [-0.39, 0.29) is 18.2 Å². The number of hydrogen-bond acceptors (Lipinski definition) is 5. The molecule has 0 saturated carbocycles. The zero-order chi connectivity index (χ0) is 18.3. The van der Waals surface area contributed by atoms with Gasteiger partial charge in [-0.25, -0.2) is 0 Å². The molecule has 0 bridgehead atoms. The molecule has 2 saturated heterocycles. The molecule has 0 aliphatic carbocycles. The van der Waals surface area contributed by atoms with Gasteiger partial charge in [0.15, 0.2) is 12.4 Å². The third-order valence-electron chi connectivity index (χ3n) is 4.95. The minimum Gasteiger partial charge on any atom is -0.479 e. The summed E-state index contributed by atoms with van der Waals surface area (Å²) < 4.78 is 10.7. The standard InChI is InChI=1S/C17H18ClN3O5/c18-11-3-12-15(26-8-14(22)19-12)13(4-11)20-16(23)17(24)21-5-10(6-21)9-1-2-25-7-9/h3-4,9-10H,1-2,5-8H2,(H,19,22)(H,20,23). The number of halogens is 1. The van der Waals surface area contributed by atoms with E-state index in [2.05, 4.69) is 10.6 Å². The Morgan fingerprint density at radius 3 is 2.81 bits per heavy atom. The lowest BCUT2D eigenvalue weighted by Gasteiger charge is -2.41. The Morgan fingerprint density at radius 1 is 1.27 bits per heavy atom. The molecule has 8 nitrogen and oxygen atoms in total. The predicted octanol–water partition coefficient (Wildman–Crippen LogP) is 1.10. The lowest BCUT2D eigenvalue weighted by molar-refractivity contribution is -0.148. The van der Waals surface area contributed by atoms with Crippen LogP contribution in [-0.4, -0.2) is 55.5 Å². The van der Waals surface area contributed by atoms with E-state index in [4.69, 9.17) is 21.1 Å². The highest BCUT2D eigenvalue weighted by atomic mass is 35.5. The highest BCUT2D eigenvalue weighted by Crippen LogP contribution is 2.38. The van der Waals surface area contributed by atoms with E-state index in [0.29, 0.717) is 41.4 Å². The summed E-state index contributed by atoms with van der Waals surface area (Å²) in [6, 6.07) is 3.01. The topological polar surface area (TPSA) is 97.0 Å². The first kappa shape index (κ1) is 17.1. The third kappa shape index (κ3) is 3.22. The van der Waals surface area contributed by atoms with Crippen molar-refractivity contribution in [3.8, 4) is 5.75 Å². The predicted molar refractivity (Wildman–Crippen MR) is 93.2 cm³/mol. The summed E-state index contributed by atoms with van der Waals surface area (Å²) in [5.74, 6) is -0.494. The lowest BCUT2D eigenvalue weighted by atomic mass is 9.85. The molecule has 1 unspecified atom stereocenters. The molecular formula is C17H18ClN3O5. The van der Waals surface area contributed by atoms with Crippen LogP contribution in [0, 0.1) is 11.8 Å². The SMILES string of the molecule is O=C1COc2c(cc(Cl)cc2NC(=O)C(=O)N2CC(C3CCOC3)C2)N1. The number of rotatable bonds is 2. The van der Waals surface area contributed by atoms with Gasteiger partial charge in [0, 0.05) is 31.3 Å². The van der Waals surface area contributed by atoms with E-state index >= 15 is 0 Å². The van der Waals surface area contributed by atoms with Crippen LogP contribution < -0.4 is 15.4 Å². The van der Waals surface area contributed by atoms with Gasteiger partial charge in [0.1, 0.15) is 0 Å². The Bertz CT molecular complexity index is 772. The molecule has 2 N–H and O–H groups in total. The normalized spacial score (nSPS) is 22.1. The second-order valence-corrected chi connectivity index (χ2v) is 7.15. The average molecular weight is 380 g/mol. The first-order chi connectivity index (χ1) is 12.5. The maximum Gasteiger partial charge on any atom is 0.314 e. The quantitative estimate of drug-likeness (QED) is 0.750. The molecule has 3 aliphatic heterocycles. The van der Waals surface area contributed by atoms with E-state index in [0.717, 1.165) is 19.6 Å². The zero-order valence-corrected chi connectivity index (χ0v) is 14.7. The molecule has 0 radical (unpaired) electrons. The number of anilines is 2. The number of nitrogens with one attached hydrogen (secondary N) is 2. The van der Waals surface area contributed by atoms with E-state index < -0.39 is 11.8 Å². The first-order valence-corrected chi connectivity index (χ1v) is 8.83. The van der Waals surface area contributed by atoms with Crippen molar-refractivity contribution in [1.29, 1.82) is 0 Å². The summed E-state index contributed by atoms with van der Waals surface area (Å²) in [5.41, 5.74) is 0.619. The Balaban J connectivity index is 1.41. The van der Waals surface area contributed by atoms with Crippen molar-refractivity contribution in [3.05, 3.63) is 17.2 Å². The van der Waals surface area contributed by atoms with Gasteiger partial charge in [-0.15, -0.1) is 0 Å². The molecular weight excluding hydrogens is 362 g/mol. The van der Waals surface area contributed by atoms with Crippen LogP contribution in [0.4, 0.5) is 11.4 Å². The molecule has 2 fully saturated rings. The van der Waals surface area contributed by atoms with Crippen LogP contribution in [0.2, 0.25) is 5.02 Å². The van der Waals surface area contributed by atoms with Gasteiger partial charge < -0.3 is 25.0 Å². The van der Waals surface area contributed by atoms with Crippen LogP contribution in [0.15, 0.2) is 12.1 Å². The Hall–Kier alpha value is -2.32. The Labute approximate surface area is 154 Å². The van der Waals surface area contributed by atoms with E-state index in [1.165, 1.54) is 17.0 Å². The number of nitrogens with zero attached hydrogens (tertiary/aromatic N) is 1. The number of likely N-dealkylation sites (tertiary alicyclic amines) is 1. The van der Waals surface area contributed by atoms with Gasteiger partial charge in [0.05, 0.1) is 11.4 Å². The van der Waals surface area contributed by atoms with Crippen molar-refractivity contribution in [2.45, 2.75) is 6.42 Å². The van der Waals surface area contributed by atoms with Gasteiger partial charge >= 0.3 is 11.8 Å². The number of carbonyl (C=O) groups excluding carboxylic acids is 3. The first-order valence-electron chi connectivity index (χ1n) is 8.45. The highest BCUT2D eigenvalue weighted by Gasteiger charge is 2.39. The molecule has 1 aromatic carbocycles. The molecule has 1 aromatic rings. The maximum absolute atomic E-state index is 12.3. The smallest absolute Gasteiger partial charge is 0.314 e. The summed E-state index contributed by atoms with van der Waals surface area (Å²) in [4.78, 5) is 37.6. The number of ether oxygens (including phenoxy) is 2. The molecule has 9 heteroatoms. The summed E-state index contributed by atoms with van der Waals surface area (Å²) >= 11 is 6.02. The van der Waals surface area contributed by atoms with Gasteiger partial charge in [-0.2, -0.15) is 0 Å². The van der Waals surface area contributed by atoms with E-state index in [9.17, 15) is 14.4 Å². The molecule has 0 aromatic heterocycles. The summed E-state index contributed by atoms with van der Waals surface area (Å²) in [6.45, 7) is 2.48. The van der Waals surface area contributed by atoms with Gasteiger partial charge in [-0.1, -0.05) is 11.6 Å². The fourth-order valence-corrected chi connectivity index (χ4v) is 3.70. The van der Waals surface area contributed by atoms with Crippen molar-refractivity contribution >= 4 is 40.7 Å². The fraction of sp³-hybridized carbons (Fsp3) is 0.471. The highest BCUT2D eigenvalue weighted by molar-refractivity contribution is 6.40. The van der Waals surface area contributed by atoms with Crippen LogP contribution in [0.1, 0.15) is 6.42 Å². The second-order valence-electron chi connectivity index (χ2n) is 6.71. The van der Waals surface area contributed by atoms with Gasteiger partial charge in [-0.3, -0.25) is 14.4 Å². The second kappa shape index (κ2) is 6.77. The summed E-state index contributed by atoms with van der Waals surface area (Å²) in [6.07, 6.45) is 1.01. The zero-order valence-electron chi connectivity index (χ0n) is 13.9. The third-order valence-corrected chi connectivity index (χ3v) is 5.16. The van der Waals surface area contributed by atoms with Crippen LogP contribution in [0.3, 0.4) is 0 Å². The van der Waals surface area contributed by atoms with Crippen LogP contribution in [0.25, 0.3) is 0 Å². The molecule has 4 rings (SSSR count). The molecule has 138 valence electrons.